The Morgan fingerprint density at radius 1 is 1.37 bits per heavy atom. The summed E-state index contributed by atoms with van der Waals surface area (Å²) in [6.07, 6.45) is 4.32. The third kappa shape index (κ3) is 2.46. The van der Waals surface area contributed by atoms with Gasteiger partial charge >= 0.3 is 0 Å². The Hall–Kier alpha value is -1.53. The number of aromatic nitrogens is 4. The SMILES string of the molecule is Fc1ccc(Cl)nc1-c1nncn1C1CCCCO1. The lowest BCUT2D eigenvalue weighted by molar-refractivity contribution is -0.0312. The van der Waals surface area contributed by atoms with E-state index in [0.29, 0.717) is 12.4 Å². The highest BCUT2D eigenvalue weighted by molar-refractivity contribution is 6.29. The van der Waals surface area contributed by atoms with E-state index in [2.05, 4.69) is 15.2 Å². The van der Waals surface area contributed by atoms with Gasteiger partial charge in [-0.25, -0.2) is 9.37 Å². The van der Waals surface area contributed by atoms with Gasteiger partial charge in [-0.2, -0.15) is 0 Å². The van der Waals surface area contributed by atoms with Gasteiger partial charge in [0.1, 0.15) is 23.4 Å². The fourth-order valence-corrected chi connectivity index (χ4v) is 2.29. The molecule has 1 unspecified atom stereocenters. The van der Waals surface area contributed by atoms with Crippen molar-refractivity contribution in [3.8, 4) is 11.5 Å². The second kappa shape index (κ2) is 5.22. The van der Waals surface area contributed by atoms with Crippen LogP contribution in [0.15, 0.2) is 18.5 Å². The molecule has 0 aliphatic carbocycles. The molecule has 0 spiro atoms. The molecule has 1 saturated heterocycles. The van der Waals surface area contributed by atoms with Crippen LogP contribution in [0.2, 0.25) is 5.15 Å². The monoisotopic (exact) mass is 282 g/mol. The van der Waals surface area contributed by atoms with E-state index in [9.17, 15) is 4.39 Å². The van der Waals surface area contributed by atoms with Crippen molar-refractivity contribution in [2.75, 3.05) is 6.61 Å². The number of nitrogens with zero attached hydrogens (tertiary/aromatic N) is 4. The molecule has 1 atom stereocenters. The first-order chi connectivity index (χ1) is 9.25. The first-order valence-electron chi connectivity index (χ1n) is 6.09. The van der Waals surface area contributed by atoms with Crippen molar-refractivity contribution in [1.82, 2.24) is 19.7 Å². The molecule has 3 rings (SSSR count). The topological polar surface area (TPSA) is 52.8 Å². The third-order valence-corrected chi connectivity index (χ3v) is 3.27. The molecule has 0 N–H and O–H groups in total. The molecule has 2 aromatic rings. The highest BCUT2D eigenvalue weighted by atomic mass is 35.5. The van der Waals surface area contributed by atoms with Crippen LogP contribution in [0.5, 0.6) is 0 Å². The van der Waals surface area contributed by atoms with E-state index in [-0.39, 0.29) is 17.1 Å². The second-order valence-electron chi connectivity index (χ2n) is 4.35. The van der Waals surface area contributed by atoms with Gasteiger partial charge in [0, 0.05) is 6.61 Å². The van der Waals surface area contributed by atoms with Crippen molar-refractivity contribution in [2.24, 2.45) is 0 Å². The van der Waals surface area contributed by atoms with Crippen molar-refractivity contribution >= 4 is 11.6 Å². The Bertz CT molecular complexity index is 583. The van der Waals surface area contributed by atoms with E-state index in [1.54, 1.807) is 4.57 Å². The third-order valence-electron chi connectivity index (χ3n) is 3.06. The summed E-state index contributed by atoms with van der Waals surface area (Å²) in [5.41, 5.74) is 0.0965. The van der Waals surface area contributed by atoms with Crippen molar-refractivity contribution < 1.29 is 9.13 Å². The maximum absolute atomic E-state index is 13.8. The van der Waals surface area contributed by atoms with E-state index in [4.69, 9.17) is 16.3 Å². The molecule has 0 saturated carbocycles. The molecule has 1 aliphatic rings. The summed E-state index contributed by atoms with van der Waals surface area (Å²) in [4.78, 5) is 3.98. The summed E-state index contributed by atoms with van der Waals surface area (Å²) in [6.45, 7) is 0.688. The molecule has 0 amide bonds. The summed E-state index contributed by atoms with van der Waals surface area (Å²) in [7, 11) is 0. The molecular formula is C12H12ClFN4O. The molecule has 3 heterocycles. The predicted octanol–water partition coefficient (Wildman–Crippen LogP) is 2.83. The summed E-state index contributed by atoms with van der Waals surface area (Å²) < 4.78 is 21.2. The predicted molar refractivity (Wildman–Crippen MR) is 67.1 cm³/mol. The van der Waals surface area contributed by atoms with E-state index >= 15 is 0 Å². The summed E-state index contributed by atoms with van der Waals surface area (Å²) in [6, 6.07) is 2.67. The van der Waals surface area contributed by atoms with Gasteiger partial charge < -0.3 is 4.74 Å². The number of hydrogen-bond donors (Lipinski definition) is 0. The zero-order valence-electron chi connectivity index (χ0n) is 10.1. The van der Waals surface area contributed by atoms with Gasteiger partial charge in [-0.15, -0.1) is 10.2 Å². The molecule has 7 heteroatoms. The quantitative estimate of drug-likeness (QED) is 0.795. The Labute approximate surface area is 114 Å². The average Bonchev–Trinajstić information content (AvgIpc) is 2.91. The molecule has 100 valence electrons. The van der Waals surface area contributed by atoms with Gasteiger partial charge in [-0.1, -0.05) is 11.6 Å². The van der Waals surface area contributed by atoms with Crippen molar-refractivity contribution in [3.63, 3.8) is 0 Å². The summed E-state index contributed by atoms with van der Waals surface area (Å²) in [5.74, 6) is -0.138. The number of halogens is 2. The molecule has 1 fully saturated rings. The average molecular weight is 283 g/mol. The van der Waals surface area contributed by atoms with Crippen molar-refractivity contribution in [2.45, 2.75) is 25.5 Å². The van der Waals surface area contributed by atoms with Crippen LogP contribution in [0.4, 0.5) is 4.39 Å². The maximum atomic E-state index is 13.8. The Morgan fingerprint density at radius 3 is 3.05 bits per heavy atom. The second-order valence-corrected chi connectivity index (χ2v) is 4.73. The lowest BCUT2D eigenvalue weighted by atomic mass is 10.2. The van der Waals surface area contributed by atoms with Crippen LogP contribution in [0, 0.1) is 5.82 Å². The lowest BCUT2D eigenvalue weighted by Gasteiger charge is -2.24. The van der Waals surface area contributed by atoms with Gasteiger partial charge in [0.05, 0.1) is 0 Å². The van der Waals surface area contributed by atoms with E-state index in [1.165, 1.54) is 18.5 Å². The Kier molecular flexibility index (Phi) is 3.44. The van der Waals surface area contributed by atoms with Crippen LogP contribution in [0.3, 0.4) is 0 Å². The van der Waals surface area contributed by atoms with Gasteiger partial charge in [0.2, 0.25) is 0 Å². The zero-order chi connectivity index (χ0) is 13.2. The normalized spacial score (nSPS) is 19.6. The van der Waals surface area contributed by atoms with Crippen molar-refractivity contribution in [3.05, 3.63) is 29.4 Å². The van der Waals surface area contributed by atoms with Gasteiger partial charge in [-0.3, -0.25) is 4.57 Å². The number of ether oxygens (including phenoxy) is 1. The standard InChI is InChI=1S/C12H12ClFN4O/c13-9-5-4-8(14)11(16-9)12-17-15-7-18(12)10-3-1-2-6-19-10/h4-5,7,10H,1-3,6H2. The molecule has 0 radical (unpaired) electrons. The molecule has 5 nitrogen and oxygen atoms in total. The van der Waals surface area contributed by atoms with Crippen LogP contribution in [0.1, 0.15) is 25.5 Å². The highest BCUT2D eigenvalue weighted by Crippen LogP contribution is 2.28. The number of pyridine rings is 1. The van der Waals surface area contributed by atoms with E-state index in [1.807, 2.05) is 0 Å². The molecule has 2 aromatic heterocycles. The minimum absolute atomic E-state index is 0.0965. The molecule has 1 aliphatic heterocycles. The lowest BCUT2D eigenvalue weighted by Crippen LogP contribution is -2.18. The first-order valence-corrected chi connectivity index (χ1v) is 6.47. The van der Waals surface area contributed by atoms with Crippen LogP contribution in [-0.4, -0.2) is 26.4 Å². The first kappa shape index (κ1) is 12.5. The van der Waals surface area contributed by atoms with Crippen LogP contribution in [-0.2, 0) is 4.74 Å². The number of hydrogen-bond acceptors (Lipinski definition) is 4. The minimum Gasteiger partial charge on any atom is -0.358 e. The zero-order valence-corrected chi connectivity index (χ0v) is 10.8. The largest absolute Gasteiger partial charge is 0.358 e. The smallest absolute Gasteiger partial charge is 0.187 e. The van der Waals surface area contributed by atoms with E-state index in [0.717, 1.165) is 19.3 Å². The maximum Gasteiger partial charge on any atom is 0.187 e. The highest BCUT2D eigenvalue weighted by Gasteiger charge is 2.22. The molecule has 19 heavy (non-hydrogen) atoms. The minimum atomic E-state index is -0.477. The van der Waals surface area contributed by atoms with Gasteiger partial charge in [-0.05, 0) is 31.4 Å². The summed E-state index contributed by atoms with van der Waals surface area (Å²) in [5, 5.41) is 7.98. The van der Waals surface area contributed by atoms with Crippen LogP contribution < -0.4 is 0 Å². The fraction of sp³-hybridized carbons (Fsp3) is 0.417. The Balaban J connectivity index is 2.01. The molecular weight excluding hydrogens is 271 g/mol. The Morgan fingerprint density at radius 2 is 2.26 bits per heavy atom. The van der Waals surface area contributed by atoms with Crippen LogP contribution in [0.25, 0.3) is 11.5 Å². The molecule has 0 bridgehead atoms. The number of rotatable bonds is 2. The van der Waals surface area contributed by atoms with Gasteiger partial charge in [0.15, 0.2) is 11.6 Å². The van der Waals surface area contributed by atoms with Crippen LogP contribution >= 0.6 is 11.6 Å². The van der Waals surface area contributed by atoms with E-state index < -0.39 is 5.82 Å². The van der Waals surface area contributed by atoms with Gasteiger partial charge in [0.25, 0.3) is 0 Å². The fourth-order valence-electron chi connectivity index (χ4n) is 2.14. The van der Waals surface area contributed by atoms with Crippen molar-refractivity contribution in [1.29, 1.82) is 0 Å². The summed E-state index contributed by atoms with van der Waals surface area (Å²) >= 11 is 5.81. The molecule has 0 aromatic carbocycles.